The highest BCUT2D eigenvalue weighted by atomic mass is 35.5. The highest BCUT2D eigenvalue weighted by molar-refractivity contribution is 6.20. The summed E-state index contributed by atoms with van der Waals surface area (Å²) in [5.41, 5.74) is 2.46. The second-order valence-electron chi connectivity index (χ2n) is 8.55. The predicted molar refractivity (Wildman–Crippen MR) is 140 cm³/mol. The van der Waals surface area contributed by atoms with Crippen molar-refractivity contribution in [3.8, 4) is 0 Å². The van der Waals surface area contributed by atoms with E-state index in [1.807, 2.05) is 42.3 Å². The first-order chi connectivity index (χ1) is 17.8. The van der Waals surface area contributed by atoms with Gasteiger partial charge in [-0.05, 0) is 32.0 Å². The van der Waals surface area contributed by atoms with Gasteiger partial charge in [-0.25, -0.2) is 9.59 Å². The van der Waals surface area contributed by atoms with Crippen molar-refractivity contribution in [2.45, 2.75) is 26.3 Å². The molecule has 9 nitrogen and oxygen atoms in total. The Kier molecular flexibility index (Phi) is 9.82. The number of nitro benzene ring substituents is 1. The number of carbonyl (C=O) groups is 2. The molecule has 0 fully saturated rings. The highest BCUT2D eigenvalue weighted by Gasteiger charge is 2.39. The number of hydrogen-bond donors (Lipinski definition) is 1. The molecule has 0 aromatic heterocycles. The SMILES string of the molecule is CCOC(=O)C1=C(CCl)NC(C)=C(C(=O)OCCN(C)Cc2ccccc2)C1c1cccc([N+](=O)[O-])c1. The molecule has 0 bridgehead atoms. The molecule has 37 heavy (non-hydrogen) atoms. The number of non-ortho nitro benzene ring substituents is 1. The van der Waals surface area contributed by atoms with Gasteiger partial charge in [-0.1, -0.05) is 42.5 Å². The first-order valence-electron chi connectivity index (χ1n) is 11.8. The van der Waals surface area contributed by atoms with Crippen molar-refractivity contribution in [2.24, 2.45) is 0 Å². The number of nitro groups is 1. The quantitative estimate of drug-likeness (QED) is 0.199. The Morgan fingerprint density at radius 2 is 1.78 bits per heavy atom. The van der Waals surface area contributed by atoms with Gasteiger partial charge in [0.25, 0.3) is 5.69 Å². The zero-order valence-corrected chi connectivity index (χ0v) is 21.8. The molecule has 2 aromatic carbocycles. The van der Waals surface area contributed by atoms with Gasteiger partial charge in [-0.15, -0.1) is 11.6 Å². The number of alkyl halides is 1. The average Bonchev–Trinajstić information content (AvgIpc) is 2.88. The minimum Gasteiger partial charge on any atom is -0.463 e. The smallest absolute Gasteiger partial charge is 0.336 e. The summed E-state index contributed by atoms with van der Waals surface area (Å²) < 4.78 is 10.9. The molecular formula is C27H30ClN3O6. The van der Waals surface area contributed by atoms with E-state index in [1.165, 1.54) is 18.2 Å². The summed E-state index contributed by atoms with van der Waals surface area (Å²) >= 11 is 6.15. The van der Waals surface area contributed by atoms with Gasteiger partial charge in [0.1, 0.15) is 6.61 Å². The lowest BCUT2D eigenvalue weighted by molar-refractivity contribution is -0.384. The minimum absolute atomic E-state index is 0.0521. The molecule has 1 atom stereocenters. The van der Waals surface area contributed by atoms with Crippen LogP contribution in [-0.4, -0.2) is 54.4 Å². The Labute approximate surface area is 220 Å². The summed E-state index contributed by atoms with van der Waals surface area (Å²) in [4.78, 5) is 39.4. The van der Waals surface area contributed by atoms with Gasteiger partial charge < -0.3 is 14.8 Å². The average molecular weight is 528 g/mol. The largest absolute Gasteiger partial charge is 0.463 e. The summed E-state index contributed by atoms with van der Waals surface area (Å²) in [5.74, 6) is -2.31. The Morgan fingerprint density at radius 1 is 1.08 bits per heavy atom. The van der Waals surface area contributed by atoms with Crippen molar-refractivity contribution in [1.82, 2.24) is 10.2 Å². The van der Waals surface area contributed by atoms with E-state index in [2.05, 4.69) is 5.32 Å². The van der Waals surface area contributed by atoms with E-state index in [0.717, 1.165) is 5.56 Å². The van der Waals surface area contributed by atoms with Gasteiger partial charge in [0, 0.05) is 36.6 Å². The van der Waals surface area contributed by atoms with Crippen molar-refractivity contribution >= 4 is 29.2 Å². The van der Waals surface area contributed by atoms with Crippen LogP contribution in [0.4, 0.5) is 5.69 Å². The standard InChI is InChI=1S/C27H30ClN3O6/c1-4-36-27(33)25-22(16-28)29-18(2)23(24(25)20-11-8-12-21(15-20)31(34)35)26(32)37-14-13-30(3)17-19-9-6-5-7-10-19/h5-12,15,24,29H,4,13-14,16-17H2,1-3H3. The van der Waals surface area contributed by atoms with Crippen LogP contribution in [0.1, 0.15) is 30.9 Å². The third kappa shape index (κ3) is 6.96. The molecule has 0 aliphatic carbocycles. The Hall–Kier alpha value is -3.69. The number of likely N-dealkylation sites (N-methyl/N-ethyl adjacent to an activating group) is 1. The summed E-state index contributed by atoms with van der Waals surface area (Å²) in [6.07, 6.45) is 0. The van der Waals surface area contributed by atoms with E-state index in [1.54, 1.807) is 19.9 Å². The third-order valence-electron chi connectivity index (χ3n) is 5.91. The first kappa shape index (κ1) is 27.9. The number of hydrogen-bond acceptors (Lipinski definition) is 8. The molecule has 3 rings (SSSR count). The summed E-state index contributed by atoms with van der Waals surface area (Å²) in [5, 5.41) is 14.5. The van der Waals surface area contributed by atoms with Crippen LogP contribution in [0.2, 0.25) is 0 Å². The van der Waals surface area contributed by atoms with E-state index in [-0.39, 0.29) is 35.9 Å². The van der Waals surface area contributed by atoms with Crippen LogP contribution >= 0.6 is 11.6 Å². The number of carbonyl (C=O) groups excluding carboxylic acids is 2. The molecular weight excluding hydrogens is 498 g/mol. The molecule has 196 valence electrons. The van der Waals surface area contributed by atoms with Crippen LogP contribution in [-0.2, 0) is 25.6 Å². The molecule has 0 saturated carbocycles. The Balaban J connectivity index is 1.89. The molecule has 1 N–H and O–H groups in total. The van der Waals surface area contributed by atoms with Gasteiger partial charge in [0.05, 0.1) is 34.5 Å². The van der Waals surface area contributed by atoms with Crippen LogP contribution in [0.15, 0.2) is 77.1 Å². The number of dihydropyridines is 1. The van der Waals surface area contributed by atoms with Gasteiger partial charge in [0.2, 0.25) is 0 Å². The fourth-order valence-electron chi connectivity index (χ4n) is 4.22. The molecule has 0 spiro atoms. The maximum absolute atomic E-state index is 13.4. The van der Waals surface area contributed by atoms with Crippen molar-refractivity contribution in [1.29, 1.82) is 0 Å². The molecule has 2 aromatic rings. The number of ether oxygens (including phenoxy) is 2. The molecule has 0 amide bonds. The van der Waals surface area contributed by atoms with Gasteiger partial charge in [-0.2, -0.15) is 0 Å². The molecule has 1 aliphatic heterocycles. The van der Waals surface area contributed by atoms with Gasteiger partial charge in [0.15, 0.2) is 0 Å². The number of nitrogens with zero attached hydrogens (tertiary/aromatic N) is 2. The van der Waals surface area contributed by atoms with Crippen molar-refractivity contribution < 1.29 is 24.0 Å². The summed E-state index contributed by atoms with van der Waals surface area (Å²) in [7, 11) is 1.92. The van der Waals surface area contributed by atoms with Crippen LogP contribution in [0, 0.1) is 10.1 Å². The fourth-order valence-corrected chi connectivity index (χ4v) is 4.43. The van der Waals surface area contributed by atoms with Gasteiger partial charge in [-0.3, -0.25) is 15.0 Å². The van der Waals surface area contributed by atoms with Crippen molar-refractivity contribution in [3.05, 3.63) is 98.4 Å². The zero-order valence-electron chi connectivity index (χ0n) is 21.0. The highest BCUT2D eigenvalue weighted by Crippen LogP contribution is 2.40. The second kappa shape index (κ2) is 13.0. The zero-order chi connectivity index (χ0) is 26.9. The lowest BCUT2D eigenvalue weighted by Crippen LogP contribution is -2.34. The van der Waals surface area contributed by atoms with E-state index < -0.39 is 22.8 Å². The number of esters is 2. The van der Waals surface area contributed by atoms with Gasteiger partial charge >= 0.3 is 11.9 Å². The van der Waals surface area contributed by atoms with Crippen LogP contribution in [0.5, 0.6) is 0 Å². The molecule has 10 heteroatoms. The monoisotopic (exact) mass is 527 g/mol. The first-order valence-corrected chi connectivity index (χ1v) is 12.4. The topological polar surface area (TPSA) is 111 Å². The predicted octanol–water partition coefficient (Wildman–Crippen LogP) is 4.29. The summed E-state index contributed by atoms with van der Waals surface area (Å²) in [6.45, 7) is 4.73. The van der Waals surface area contributed by atoms with E-state index in [4.69, 9.17) is 21.1 Å². The van der Waals surface area contributed by atoms with Crippen LogP contribution < -0.4 is 5.32 Å². The Morgan fingerprint density at radius 3 is 2.43 bits per heavy atom. The molecule has 1 aliphatic rings. The second-order valence-corrected chi connectivity index (χ2v) is 8.82. The molecule has 1 unspecified atom stereocenters. The lowest BCUT2D eigenvalue weighted by Gasteiger charge is -2.31. The number of nitrogens with one attached hydrogen (secondary N) is 1. The van der Waals surface area contributed by atoms with E-state index in [9.17, 15) is 19.7 Å². The maximum Gasteiger partial charge on any atom is 0.336 e. The molecule has 0 radical (unpaired) electrons. The molecule has 0 saturated heterocycles. The molecule has 1 heterocycles. The minimum atomic E-state index is -0.955. The Bertz CT molecular complexity index is 1210. The van der Waals surface area contributed by atoms with E-state index in [0.29, 0.717) is 30.0 Å². The van der Waals surface area contributed by atoms with Crippen LogP contribution in [0.3, 0.4) is 0 Å². The third-order valence-corrected chi connectivity index (χ3v) is 6.18. The van der Waals surface area contributed by atoms with Crippen molar-refractivity contribution in [3.63, 3.8) is 0 Å². The lowest BCUT2D eigenvalue weighted by atomic mass is 9.80. The number of rotatable bonds is 11. The fraction of sp³-hybridized carbons (Fsp3) is 0.333. The number of allylic oxidation sites excluding steroid dienone is 2. The van der Waals surface area contributed by atoms with E-state index >= 15 is 0 Å². The number of halogens is 1. The maximum atomic E-state index is 13.4. The summed E-state index contributed by atoms with van der Waals surface area (Å²) in [6, 6.07) is 15.7. The van der Waals surface area contributed by atoms with Crippen LogP contribution in [0.25, 0.3) is 0 Å². The van der Waals surface area contributed by atoms with Crippen molar-refractivity contribution in [2.75, 3.05) is 32.7 Å². The normalized spacial score (nSPS) is 15.4. The number of benzene rings is 2.